The van der Waals surface area contributed by atoms with Gasteiger partial charge in [0.15, 0.2) is 0 Å². The van der Waals surface area contributed by atoms with E-state index >= 15 is 0 Å². The zero-order valence-corrected chi connectivity index (χ0v) is 18.1. The minimum absolute atomic E-state index is 0.00188. The van der Waals surface area contributed by atoms with Gasteiger partial charge in [0.25, 0.3) is 0 Å². The van der Waals surface area contributed by atoms with E-state index in [1.807, 2.05) is 30.3 Å². The molecule has 0 bridgehead atoms. The lowest BCUT2D eigenvalue weighted by Crippen LogP contribution is -2.43. The van der Waals surface area contributed by atoms with Crippen LogP contribution in [-0.2, 0) is 16.0 Å². The number of thiophene rings is 1. The third-order valence-electron chi connectivity index (χ3n) is 4.72. The van der Waals surface area contributed by atoms with E-state index in [-0.39, 0.29) is 17.7 Å². The molecule has 1 aliphatic rings. The quantitative estimate of drug-likeness (QED) is 0.577. The Labute approximate surface area is 177 Å². The van der Waals surface area contributed by atoms with Crippen LogP contribution in [0.25, 0.3) is 0 Å². The van der Waals surface area contributed by atoms with Crippen LogP contribution in [0.1, 0.15) is 17.7 Å². The summed E-state index contributed by atoms with van der Waals surface area (Å²) in [5, 5.41) is 8.08. The Morgan fingerprint density at radius 2 is 1.93 bits per heavy atom. The van der Waals surface area contributed by atoms with Crippen molar-refractivity contribution in [1.82, 2.24) is 10.2 Å². The van der Waals surface area contributed by atoms with E-state index in [2.05, 4.69) is 49.6 Å². The normalized spacial score (nSPS) is 15.4. The molecule has 1 aliphatic heterocycles. The van der Waals surface area contributed by atoms with Gasteiger partial charge in [-0.3, -0.25) is 14.5 Å². The smallest absolute Gasteiger partial charge is 0.238 e. The molecular weight excluding hydrogens is 473 g/mol. The molecule has 2 aromatic rings. The number of nitrogens with zero attached hydrogens (tertiary/aromatic N) is 1. The van der Waals surface area contributed by atoms with Crippen LogP contribution < -0.4 is 10.6 Å². The number of amides is 2. The number of likely N-dealkylation sites (tertiary alicyclic amines) is 1. The number of carbonyl (C=O) groups excluding carboxylic acids is 2. The molecule has 1 aromatic carbocycles. The number of halogens is 1. The monoisotopic (exact) mass is 497 g/mol. The van der Waals surface area contributed by atoms with Crippen molar-refractivity contribution in [3.05, 3.63) is 50.2 Å². The molecule has 1 aromatic heterocycles. The highest BCUT2D eigenvalue weighted by molar-refractivity contribution is 14.1. The second-order valence-electron chi connectivity index (χ2n) is 6.70. The van der Waals surface area contributed by atoms with Crippen LogP contribution in [0.15, 0.2) is 41.8 Å². The number of piperidine rings is 1. The van der Waals surface area contributed by atoms with Crippen molar-refractivity contribution in [2.24, 2.45) is 5.92 Å². The van der Waals surface area contributed by atoms with E-state index in [9.17, 15) is 9.59 Å². The Morgan fingerprint density at radius 3 is 2.63 bits per heavy atom. The Morgan fingerprint density at radius 1 is 1.15 bits per heavy atom. The zero-order valence-electron chi connectivity index (χ0n) is 15.1. The highest BCUT2D eigenvalue weighted by Gasteiger charge is 2.25. The fraction of sp³-hybridized carbons (Fsp3) is 0.400. The molecule has 2 N–H and O–H groups in total. The Hall–Kier alpha value is -1.45. The highest BCUT2D eigenvalue weighted by Crippen LogP contribution is 2.19. The molecule has 0 spiro atoms. The number of carbonyl (C=O) groups is 2. The number of nitrogens with one attached hydrogen (secondary N) is 2. The number of hydrogen-bond donors (Lipinski definition) is 2. The first-order chi connectivity index (χ1) is 13.1. The van der Waals surface area contributed by atoms with Gasteiger partial charge in [-0.1, -0.05) is 18.2 Å². The third-order valence-corrected chi connectivity index (χ3v) is 6.60. The van der Waals surface area contributed by atoms with Crippen molar-refractivity contribution in [1.29, 1.82) is 0 Å². The van der Waals surface area contributed by atoms with Gasteiger partial charge in [0, 0.05) is 20.9 Å². The lowest BCUT2D eigenvalue weighted by atomic mass is 9.96. The molecule has 0 saturated carbocycles. The molecule has 5 nitrogen and oxygen atoms in total. The molecular formula is C20H24IN3O2S. The van der Waals surface area contributed by atoms with Gasteiger partial charge in [0.1, 0.15) is 0 Å². The molecule has 1 saturated heterocycles. The van der Waals surface area contributed by atoms with Crippen LogP contribution >= 0.6 is 33.9 Å². The fourth-order valence-electron chi connectivity index (χ4n) is 3.22. The highest BCUT2D eigenvalue weighted by atomic mass is 127. The summed E-state index contributed by atoms with van der Waals surface area (Å²) < 4.78 is 1.03. The number of anilines is 1. The summed E-state index contributed by atoms with van der Waals surface area (Å²) in [7, 11) is 0. The Balaban J connectivity index is 1.36. The molecule has 2 heterocycles. The van der Waals surface area contributed by atoms with E-state index in [0.29, 0.717) is 13.1 Å². The van der Waals surface area contributed by atoms with E-state index in [0.717, 1.165) is 41.6 Å². The molecule has 0 radical (unpaired) electrons. The van der Waals surface area contributed by atoms with Crippen LogP contribution in [-0.4, -0.2) is 42.9 Å². The number of hydrogen-bond acceptors (Lipinski definition) is 4. The number of para-hydroxylation sites is 1. The second kappa shape index (κ2) is 10.2. The molecule has 0 unspecified atom stereocenters. The maximum absolute atomic E-state index is 12.3. The van der Waals surface area contributed by atoms with Gasteiger partial charge in [0.2, 0.25) is 11.8 Å². The standard InChI is InChI=1S/C20H24IN3O2S/c21-17-5-1-2-6-18(17)23-19(25)14-24-11-8-15(9-12-24)20(26)22-10-7-16-4-3-13-27-16/h1-6,13,15H,7-12,14H2,(H,22,26)(H,23,25). The third kappa shape index (κ3) is 6.29. The molecule has 2 amide bonds. The van der Waals surface area contributed by atoms with Crippen molar-refractivity contribution in [3.63, 3.8) is 0 Å². The van der Waals surface area contributed by atoms with Crippen molar-refractivity contribution in [2.75, 3.05) is 31.5 Å². The minimum atomic E-state index is -0.00188. The lowest BCUT2D eigenvalue weighted by Gasteiger charge is -2.30. The molecule has 27 heavy (non-hydrogen) atoms. The molecule has 144 valence electrons. The largest absolute Gasteiger partial charge is 0.355 e. The van der Waals surface area contributed by atoms with Crippen molar-refractivity contribution >= 4 is 51.4 Å². The number of rotatable bonds is 7. The van der Waals surface area contributed by atoms with Crippen LogP contribution in [0.5, 0.6) is 0 Å². The molecule has 3 rings (SSSR count). The molecule has 1 fully saturated rings. The van der Waals surface area contributed by atoms with Gasteiger partial charge in [-0.15, -0.1) is 11.3 Å². The summed E-state index contributed by atoms with van der Waals surface area (Å²) in [4.78, 5) is 28.0. The predicted molar refractivity (Wildman–Crippen MR) is 118 cm³/mol. The molecule has 0 aliphatic carbocycles. The van der Waals surface area contributed by atoms with Gasteiger partial charge in [-0.05, 0) is 78.5 Å². The van der Waals surface area contributed by atoms with Crippen LogP contribution in [0.3, 0.4) is 0 Å². The van der Waals surface area contributed by atoms with Crippen LogP contribution in [0, 0.1) is 9.49 Å². The second-order valence-corrected chi connectivity index (χ2v) is 8.89. The van der Waals surface area contributed by atoms with Crippen molar-refractivity contribution in [2.45, 2.75) is 19.3 Å². The van der Waals surface area contributed by atoms with E-state index < -0.39 is 0 Å². The molecule has 7 heteroatoms. The van der Waals surface area contributed by atoms with Gasteiger partial charge < -0.3 is 10.6 Å². The molecule has 0 atom stereocenters. The summed E-state index contributed by atoms with van der Waals surface area (Å²) in [5.74, 6) is 0.204. The van der Waals surface area contributed by atoms with Crippen molar-refractivity contribution < 1.29 is 9.59 Å². The summed E-state index contributed by atoms with van der Waals surface area (Å²) in [5.41, 5.74) is 0.850. The predicted octanol–water partition coefficient (Wildman–Crippen LogP) is 3.36. The first kappa shape index (κ1) is 20.3. The maximum atomic E-state index is 12.3. The van der Waals surface area contributed by atoms with Gasteiger partial charge in [-0.2, -0.15) is 0 Å². The Kier molecular flexibility index (Phi) is 7.66. The van der Waals surface area contributed by atoms with Gasteiger partial charge in [0.05, 0.1) is 12.2 Å². The van der Waals surface area contributed by atoms with Crippen molar-refractivity contribution in [3.8, 4) is 0 Å². The summed E-state index contributed by atoms with van der Waals surface area (Å²) >= 11 is 3.94. The van der Waals surface area contributed by atoms with Gasteiger partial charge in [-0.25, -0.2) is 0 Å². The lowest BCUT2D eigenvalue weighted by molar-refractivity contribution is -0.126. The fourth-order valence-corrected chi connectivity index (χ4v) is 4.45. The zero-order chi connectivity index (χ0) is 19.1. The average molecular weight is 497 g/mol. The maximum Gasteiger partial charge on any atom is 0.238 e. The average Bonchev–Trinajstić information content (AvgIpc) is 3.17. The van der Waals surface area contributed by atoms with E-state index in [4.69, 9.17) is 0 Å². The first-order valence-electron chi connectivity index (χ1n) is 9.18. The first-order valence-corrected chi connectivity index (χ1v) is 11.1. The number of benzene rings is 1. The summed E-state index contributed by atoms with van der Waals surface area (Å²) in [6.45, 7) is 2.62. The van der Waals surface area contributed by atoms with E-state index in [1.165, 1.54) is 4.88 Å². The minimum Gasteiger partial charge on any atom is -0.355 e. The van der Waals surface area contributed by atoms with Crippen LogP contribution in [0.4, 0.5) is 5.69 Å². The topological polar surface area (TPSA) is 61.4 Å². The van der Waals surface area contributed by atoms with Crippen LogP contribution in [0.2, 0.25) is 0 Å². The summed E-state index contributed by atoms with van der Waals surface area (Å²) in [6.07, 6.45) is 2.50. The van der Waals surface area contributed by atoms with Gasteiger partial charge >= 0.3 is 0 Å². The SMILES string of the molecule is O=C(CN1CCC(C(=O)NCCc2cccs2)CC1)Nc1ccccc1I. The Bertz CT molecular complexity index is 758. The summed E-state index contributed by atoms with van der Waals surface area (Å²) in [6, 6.07) is 11.9. The van der Waals surface area contributed by atoms with E-state index in [1.54, 1.807) is 11.3 Å².